The molecule has 0 N–H and O–H groups in total. The van der Waals surface area contributed by atoms with E-state index in [0.29, 0.717) is 25.3 Å². The van der Waals surface area contributed by atoms with E-state index in [1.165, 1.54) is 7.11 Å². The Morgan fingerprint density at radius 3 is 2.55 bits per heavy atom. The molecule has 1 heterocycles. The zero-order chi connectivity index (χ0) is 15.1. The first-order chi connectivity index (χ1) is 9.57. The van der Waals surface area contributed by atoms with E-state index >= 15 is 0 Å². The standard InChI is InChI=1S/C14H23N3O3/c1-5-11-10-12(17(7-3)15-11)14(19)16(6-2)9-8-13(18)20-4/h10H,5-9H2,1-4H3. The second-order valence-corrected chi connectivity index (χ2v) is 4.40. The van der Waals surface area contributed by atoms with E-state index in [1.54, 1.807) is 9.58 Å². The summed E-state index contributed by atoms with van der Waals surface area (Å²) in [6, 6.07) is 1.83. The van der Waals surface area contributed by atoms with Gasteiger partial charge in [0.15, 0.2) is 0 Å². The van der Waals surface area contributed by atoms with Gasteiger partial charge in [-0.3, -0.25) is 14.3 Å². The van der Waals surface area contributed by atoms with Gasteiger partial charge in [0.2, 0.25) is 0 Å². The monoisotopic (exact) mass is 281 g/mol. The minimum absolute atomic E-state index is 0.0922. The fraction of sp³-hybridized carbons (Fsp3) is 0.643. The number of amides is 1. The number of aryl methyl sites for hydroxylation is 2. The van der Waals surface area contributed by atoms with Crippen LogP contribution in [0, 0.1) is 0 Å². The van der Waals surface area contributed by atoms with Crippen molar-refractivity contribution in [2.45, 2.75) is 40.2 Å². The average Bonchev–Trinajstić information content (AvgIpc) is 2.90. The molecule has 20 heavy (non-hydrogen) atoms. The third-order valence-corrected chi connectivity index (χ3v) is 3.19. The van der Waals surface area contributed by atoms with Crippen molar-refractivity contribution >= 4 is 11.9 Å². The van der Waals surface area contributed by atoms with Crippen LogP contribution in [-0.4, -0.2) is 46.8 Å². The molecule has 0 aliphatic carbocycles. The Hall–Kier alpha value is -1.85. The Labute approximate surface area is 119 Å². The van der Waals surface area contributed by atoms with Gasteiger partial charge < -0.3 is 9.64 Å². The van der Waals surface area contributed by atoms with E-state index in [1.807, 2.05) is 26.8 Å². The second kappa shape index (κ2) is 7.67. The highest BCUT2D eigenvalue weighted by Crippen LogP contribution is 2.10. The number of rotatable bonds is 7. The summed E-state index contributed by atoms with van der Waals surface area (Å²) in [4.78, 5) is 25.3. The third-order valence-electron chi connectivity index (χ3n) is 3.19. The molecule has 1 aromatic rings. The Morgan fingerprint density at radius 2 is 2.05 bits per heavy atom. The Kier molecular flexibility index (Phi) is 6.21. The van der Waals surface area contributed by atoms with E-state index in [9.17, 15) is 9.59 Å². The molecule has 6 heteroatoms. The number of carbonyl (C=O) groups excluding carboxylic acids is 2. The van der Waals surface area contributed by atoms with Gasteiger partial charge in [-0.15, -0.1) is 0 Å². The summed E-state index contributed by atoms with van der Waals surface area (Å²) in [5, 5.41) is 4.37. The lowest BCUT2D eigenvalue weighted by Gasteiger charge is -2.20. The van der Waals surface area contributed by atoms with Crippen LogP contribution < -0.4 is 0 Å². The third kappa shape index (κ3) is 3.82. The van der Waals surface area contributed by atoms with Gasteiger partial charge in [0.05, 0.1) is 19.2 Å². The summed E-state index contributed by atoms with van der Waals surface area (Å²) in [6.45, 7) is 7.40. The minimum Gasteiger partial charge on any atom is -0.469 e. The summed E-state index contributed by atoms with van der Waals surface area (Å²) >= 11 is 0. The van der Waals surface area contributed by atoms with Gasteiger partial charge in [-0.1, -0.05) is 6.92 Å². The summed E-state index contributed by atoms with van der Waals surface area (Å²) in [5.41, 5.74) is 1.48. The molecule has 1 rings (SSSR count). The normalized spacial score (nSPS) is 10.4. The number of nitrogens with zero attached hydrogens (tertiary/aromatic N) is 3. The average molecular weight is 281 g/mol. The number of ether oxygens (including phenoxy) is 1. The number of methoxy groups -OCH3 is 1. The molecule has 0 radical (unpaired) electrons. The lowest BCUT2D eigenvalue weighted by atomic mass is 10.2. The zero-order valence-corrected chi connectivity index (χ0v) is 12.7. The predicted octanol–water partition coefficient (Wildman–Crippen LogP) is 1.49. The van der Waals surface area contributed by atoms with Gasteiger partial charge in [-0.25, -0.2) is 0 Å². The molecular formula is C14H23N3O3. The summed E-state index contributed by atoms with van der Waals surface area (Å²) in [7, 11) is 1.35. The van der Waals surface area contributed by atoms with E-state index in [4.69, 9.17) is 0 Å². The first kappa shape index (κ1) is 16.2. The van der Waals surface area contributed by atoms with Crippen LogP contribution in [0.5, 0.6) is 0 Å². The maximum atomic E-state index is 12.5. The number of esters is 1. The highest BCUT2D eigenvalue weighted by molar-refractivity contribution is 5.93. The highest BCUT2D eigenvalue weighted by Gasteiger charge is 2.20. The summed E-state index contributed by atoms with van der Waals surface area (Å²) in [6.07, 6.45) is 0.999. The summed E-state index contributed by atoms with van der Waals surface area (Å²) in [5.74, 6) is -0.403. The van der Waals surface area contributed by atoms with Crippen LogP contribution in [0.1, 0.15) is 43.4 Å². The zero-order valence-electron chi connectivity index (χ0n) is 12.7. The molecule has 0 aromatic carbocycles. The van der Waals surface area contributed by atoms with E-state index in [2.05, 4.69) is 9.84 Å². The molecule has 0 unspecified atom stereocenters. The van der Waals surface area contributed by atoms with Crippen LogP contribution in [0.15, 0.2) is 6.07 Å². The molecule has 0 aliphatic rings. The van der Waals surface area contributed by atoms with Gasteiger partial charge in [0, 0.05) is 19.6 Å². The first-order valence-electron chi connectivity index (χ1n) is 7.00. The topological polar surface area (TPSA) is 64.4 Å². The molecule has 0 atom stereocenters. The van der Waals surface area contributed by atoms with Crippen LogP contribution in [0.3, 0.4) is 0 Å². The second-order valence-electron chi connectivity index (χ2n) is 4.40. The lowest BCUT2D eigenvalue weighted by Crippen LogP contribution is -2.34. The molecule has 112 valence electrons. The Balaban J connectivity index is 2.84. The van der Waals surface area contributed by atoms with E-state index in [0.717, 1.165) is 12.1 Å². The van der Waals surface area contributed by atoms with Gasteiger partial charge in [0.1, 0.15) is 5.69 Å². The van der Waals surface area contributed by atoms with Crippen molar-refractivity contribution < 1.29 is 14.3 Å². The number of aromatic nitrogens is 2. The van der Waals surface area contributed by atoms with Crippen LogP contribution in [0.2, 0.25) is 0 Å². The fourth-order valence-corrected chi connectivity index (χ4v) is 1.95. The summed E-state index contributed by atoms with van der Waals surface area (Å²) < 4.78 is 6.31. The number of hydrogen-bond acceptors (Lipinski definition) is 4. The van der Waals surface area contributed by atoms with Crippen molar-refractivity contribution in [3.05, 3.63) is 17.5 Å². The van der Waals surface area contributed by atoms with Crippen molar-refractivity contribution in [3.63, 3.8) is 0 Å². The molecule has 0 aliphatic heterocycles. The molecule has 1 amide bonds. The molecule has 1 aromatic heterocycles. The van der Waals surface area contributed by atoms with E-state index < -0.39 is 0 Å². The molecule has 0 fully saturated rings. The van der Waals surface area contributed by atoms with Gasteiger partial charge in [-0.2, -0.15) is 5.10 Å². The SMILES string of the molecule is CCc1cc(C(=O)N(CC)CCC(=O)OC)n(CC)n1. The number of hydrogen-bond donors (Lipinski definition) is 0. The largest absolute Gasteiger partial charge is 0.469 e. The number of carbonyl (C=O) groups is 2. The smallest absolute Gasteiger partial charge is 0.307 e. The predicted molar refractivity (Wildman–Crippen MR) is 75.5 cm³/mol. The molecule has 0 bridgehead atoms. The Bertz CT molecular complexity index is 468. The van der Waals surface area contributed by atoms with Crippen LogP contribution in [0.25, 0.3) is 0 Å². The molecule has 6 nitrogen and oxygen atoms in total. The van der Waals surface area contributed by atoms with Crippen molar-refractivity contribution in [2.75, 3.05) is 20.2 Å². The molecule has 0 spiro atoms. The van der Waals surface area contributed by atoms with Crippen LogP contribution >= 0.6 is 0 Å². The van der Waals surface area contributed by atoms with Gasteiger partial charge >= 0.3 is 5.97 Å². The van der Waals surface area contributed by atoms with Crippen LogP contribution in [0.4, 0.5) is 0 Å². The molecule has 0 saturated carbocycles. The lowest BCUT2D eigenvalue weighted by molar-refractivity contribution is -0.140. The molecule has 0 saturated heterocycles. The quantitative estimate of drug-likeness (QED) is 0.710. The van der Waals surface area contributed by atoms with E-state index in [-0.39, 0.29) is 18.3 Å². The molecular weight excluding hydrogens is 258 g/mol. The minimum atomic E-state index is -0.311. The van der Waals surface area contributed by atoms with Crippen molar-refractivity contribution in [1.29, 1.82) is 0 Å². The maximum Gasteiger partial charge on any atom is 0.307 e. The van der Waals surface area contributed by atoms with Gasteiger partial charge in [-0.05, 0) is 26.3 Å². The maximum absolute atomic E-state index is 12.5. The van der Waals surface area contributed by atoms with Crippen molar-refractivity contribution in [3.8, 4) is 0 Å². The Morgan fingerprint density at radius 1 is 1.35 bits per heavy atom. The van der Waals surface area contributed by atoms with Gasteiger partial charge in [0.25, 0.3) is 5.91 Å². The first-order valence-corrected chi connectivity index (χ1v) is 7.00. The van der Waals surface area contributed by atoms with Crippen molar-refractivity contribution in [1.82, 2.24) is 14.7 Å². The van der Waals surface area contributed by atoms with Crippen molar-refractivity contribution in [2.24, 2.45) is 0 Å². The van der Waals surface area contributed by atoms with Crippen LogP contribution in [-0.2, 0) is 22.5 Å². The highest BCUT2D eigenvalue weighted by atomic mass is 16.5. The fourth-order valence-electron chi connectivity index (χ4n) is 1.95.